The van der Waals surface area contributed by atoms with Gasteiger partial charge in [0.1, 0.15) is 11.0 Å². The summed E-state index contributed by atoms with van der Waals surface area (Å²) >= 11 is 1.25. The molecule has 62 heavy (non-hydrogen) atoms. The molecule has 1 aliphatic carbocycles. The first kappa shape index (κ1) is 36.2. The number of nitrogens with zero attached hydrogens (tertiary/aromatic N) is 5. The summed E-state index contributed by atoms with van der Waals surface area (Å²) in [6.07, 6.45) is 0. The van der Waals surface area contributed by atoms with Gasteiger partial charge in [-0.15, -0.1) is 0 Å². The molecule has 1 aliphatic rings. The minimum Gasteiger partial charge on any atom is -0.247 e. The molecule has 3 heterocycles. The van der Waals surface area contributed by atoms with Crippen LogP contribution in [-0.4, -0.2) is 23.7 Å². The van der Waals surface area contributed by atoms with Gasteiger partial charge in [-0.1, -0.05) is 172 Å². The summed E-state index contributed by atoms with van der Waals surface area (Å²) in [5.41, 5.74) is 19.5. The van der Waals surface area contributed by atoms with Gasteiger partial charge in [0.25, 0.3) is 0 Å². The van der Waals surface area contributed by atoms with Crippen LogP contribution in [0.15, 0.2) is 188 Å². The molecule has 6 heteroatoms. The van der Waals surface area contributed by atoms with E-state index in [2.05, 4.69) is 176 Å². The number of hydrogen-bond donors (Lipinski definition) is 0. The summed E-state index contributed by atoms with van der Waals surface area (Å²) in [6, 6.07) is 66.6. The maximum Gasteiger partial charge on any atom is 0.160 e. The number of rotatable bonds is 6. The summed E-state index contributed by atoms with van der Waals surface area (Å²) in [6.45, 7) is 4.66. The van der Waals surface area contributed by atoms with Gasteiger partial charge in [-0.05, 0) is 74.8 Å². The van der Waals surface area contributed by atoms with E-state index in [4.69, 9.17) is 19.3 Å². The average molecular weight is 812 g/mol. The molecule has 8 aromatic carbocycles. The number of aromatic nitrogens is 5. The predicted molar refractivity (Wildman–Crippen MR) is 256 cm³/mol. The van der Waals surface area contributed by atoms with Crippen LogP contribution in [0.1, 0.15) is 25.0 Å². The van der Waals surface area contributed by atoms with Gasteiger partial charge in [0, 0.05) is 43.8 Å². The van der Waals surface area contributed by atoms with Gasteiger partial charge in [-0.25, -0.2) is 15.0 Å². The zero-order valence-electron chi connectivity index (χ0n) is 34.0. The molecule has 3 aromatic heterocycles. The molecule has 0 radical (unpaired) electrons. The normalized spacial score (nSPS) is 12.8. The Morgan fingerprint density at radius 3 is 1.66 bits per heavy atom. The van der Waals surface area contributed by atoms with Gasteiger partial charge in [0.2, 0.25) is 0 Å². The van der Waals surface area contributed by atoms with Gasteiger partial charge in [0.15, 0.2) is 5.82 Å². The van der Waals surface area contributed by atoms with Crippen molar-refractivity contribution >= 4 is 44.4 Å². The summed E-state index contributed by atoms with van der Waals surface area (Å²) in [5.74, 6) is 0.693. The van der Waals surface area contributed by atoms with Gasteiger partial charge >= 0.3 is 0 Å². The number of hydrogen-bond acceptors (Lipinski definition) is 6. The largest absolute Gasteiger partial charge is 0.247 e. The van der Waals surface area contributed by atoms with E-state index in [9.17, 15) is 0 Å². The lowest BCUT2D eigenvalue weighted by Crippen LogP contribution is -2.14. The fourth-order valence-corrected chi connectivity index (χ4v) is 9.89. The molecular weight excluding hydrogens is 775 g/mol. The van der Waals surface area contributed by atoms with Crippen molar-refractivity contribution in [2.45, 2.75) is 19.3 Å². The van der Waals surface area contributed by atoms with Gasteiger partial charge < -0.3 is 0 Å². The van der Waals surface area contributed by atoms with E-state index in [-0.39, 0.29) is 5.41 Å². The second kappa shape index (κ2) is 14.2. The van der Waals surface area contributed by atoms with E-state index in [1.807, 2.05) is 30.3 Å². The third-order valence-corrected chi connectivity index (χ3v) is 13.1. The Bertz CT molecular complexity index is 3520. The molecule has 0 fully saturated rings. The van der Waals surface area contributed by atoms with Crippen molar-refractivity contribution in [2.24, 2.45) is 0 Å². The maximum absolute atomic E-state index is 5.28. The summed E-state index contributed by atoms with van der Waals surface area (Å²) in [4.78, 5) is 15.5. The molecule has 0 amide bonds. The topological polar surface area (TPSA) is 64.5 Å². The van der Waals surface area contributed by atoms with E-state index in [0.717, 1.165) is 83.2 Å². The lowest BCUT2D eigenvalue weighted by Gasteiger charge is -2.22. The summed E-state index contributed by atoms with van der Waals surface area (Å²) in [7, 11) is 0. The summed E-state index contributed by atoms with van der Waals surface area (Å²) < 4.78 is 9.29. The fourth-order valence-electron chi connectivity index (χ4n) is 9.34. The van der Waals surface area contributed by atoms with Crippen molar-refractivity contribution in [1.82, 2.24) is 23.7 Å². The molecule has 0 N–H and O–H groups in total. The van der Waals surface area contributed by atoms with E-state index in [1.165, 1.54) is 45.1 Å². The second-order valence-electron chi connectivity index (χ2n) is 16.6. The first-order valence-electron chi connectivity index (χ1n) is 20.9. The van der Waals surface area contributed by atoms with Crippen LogP contribution < -0.4 is 0 Å². The van der Waals surface area contributed by atoms with Crippen molar-refractivity contribution in [3.8, 4) is 78.5 Å². The quantitative estimate of drug-likeness (QED) is 0.157. The van der Waals surface area contributed by atoms with Crippen molar-refractivity contribution in [1.29, 1.82) is 0 Å². The molecule has 0 saturated heterocycles. The van der Waals surface area contributed by atoms with E-state index in [1.54, 1.807) is 0 Å². The first-order chi connectivity index (χ1) is 30.5. The van der Waals surface area contributed by atoms with Crippen LogP contribution in [0.25, 0.3) is 111 Å². The molecule has 5 nitrogen and oxygen atoms in total. The standard InChI is InChI=1S/C56H37N5S/c1-56(2)46-16-10-9-15-42(46)43-27-25-40(31-47(43)56)34-17-21-36(22-18-34)49-33-50(59-55(58-49)39-13-7-4-8-14-39)37-23-19-35(20-24-37)41-26-28-44-51(32-41)57-53(38-11-5-3-6-12-38)45-29-30-48-54(52(44)45)61-62-60-48/h3-33H,1-2H3. The SMILES string of the molecule is CC1(C)c2ccccc2-c2ccc(-c3ccc(-c4cc(-c5ccc(-c6ccc7c(c6)nc(-c6ccccc6)c6ccc8nsnc8c67)cc5)nc(-c5ccccc5)n4)cc3)cc21. The van der Waals surface area contributed by atoms with Crippen molar-refractivity contribution in [3.05, 3.63) is 199 Å². The van der Waals surface area contributed by atoms with Gasteiger partial charge in [0.05, 0.1) is 34.3 Å². The number of fused-ring (bicyclic) bond motifs is 8. The van der Waals surface area contributed by atoms with E-state index in [0.29, 0.717) is 5.82 Å². The highest BCUT2D eigenvalue weighted by Crippen LogP contribution is 2.49. The van der Waals surface area contributed by atoms with Crippen LogP contribution in [0.2, 0.25) is 0 Å². The maximum atomic E-state index is 5.28. The lowest BCUT2D eigenvalue weighted by atomic mass is 9.81. The fraction of sp³-hybridized carbons (Fsp3) is 0.0536. The molecule has 11 aromatic rings. The van der Waals surface area contributed by atoms with Crippen molar-refractivity contribution < 1.29 is 0 Å². The molecule has 292 valence electrons. The summed E-state index contributed by atoms with van der Waals surface area (Å²) in [5, 5.41) is 3.23. The molecule has 0 bridgehead atoms. The molecule has 0 atom stereocenters. The zero-order chi connectivity index (χ0) is 41.4. The first-order valence-corrected chi connectivity index (χ1v) is 21.6. The minimum atomic E-state index is -0.0484. The Hall–Kier alpha value is -7.67. The third-order valence-electron chi connectivity index (χ3n) is 12.6. The van der Waals surface area contributed by atoms with E-state index >= 15 is 0 Å². The van der Waals surface area contributed by atoms with Gasteiger partial charge in [-0.3, -0.25) is 0 Å². The molecule has 0 unspecified atom stereocenters. The second-order valence-corrected chi connectivity index (χ2v) is 17.1. The van der Waals surface area contributed by atoms with Gasteiger partial charge in [-0.2, -0.15) is 8.75 Å². The van der Waals surface area contributed by atoms with Crippen LogP contribution in [0.3, 0.4) is 0 Å². The lowest BCUT2D eigenvalue weighted by molar-refractivity contribution is 0.660. The Labute approximate surface area is 363 Å². The smallest absolute Gasteiger partial charge is 0.160 e. The molecule has 0 saturated carbocycles. The molecular formula is C56H37N5S. The van der Waals surface area contributed by atoms with Crippen molar-refractivity contribution in [3.63, 3.8) is 0 Å². The average Bonchev–Trinajstić information content (AvgIpc) is 3.91. The van der Waals surface area contributed by atoms with Crippen molar-refractivity contribution in [2.75, 3.05) is 0 Å². The Morgan fingerprint density at radius 2 is 0.952 bits per heavy atom. The van der Waals surface area contributed by atoms with Crippen LogP contribution in [0.5, 0.6) is 0 Å². The Balaban J connectivity index is 0.901. The van der Waals surface area contributed by atoms with Crippen LogP contribution in [-0.2, 0) is 5.41 Å². The molecule has 0 spiro atoms. The highest BCUT2D eigenvalue weighted by Gasteiger charge is 2.35. The van der Waals surface area contributed by atoms with Crippen LogP contribution >= 0.6 is 11.7 Å². The highest BCUT2D eigenvalue weighted by molar-refractivity contribution is 7.00. The van der Waals surface area contributed by atoms with Crippen LogP contribution in [0.4, 0.5) is 0 Å². The number of benzene rings is 8. The Kier molecular flexibility index (Phi) is 8.31. The van der Waals surface area contributed by atoms with Crippen LogP contribution in [0, 0.1) is 0 Å². The minimum absolute atomic E-state index is 0.0484. The predicted octanol–water partition coefficient (Wildman–Crippen LogP) is 14.5. The van der Waals surface area contributed by atoms with E-state index < -0.39 is 0 Å². The monoisotopic (exact) mass is 811 g/mol. The molecule has 12 rings (SSSR count). The number of pyridine rings is 1. The molecule has 0 aliphatic heterocycles. The Morgan fingerprint density at radius 1 is 0.387 bits per heavy atom. The highest BCUT2D eigenvalue weighted by atomic mass is 32.1. The zero-order valence-corrected chi connectivity index (χ0v) is 34.9. The third kappa shape index (κ3) is 5.94.